The average molecular weight is 354 g/mol. The predicted molar refractivity (Wildman–Crippen MR) is 93.3 cm³/mol. The fourth-order valence-corrected chi connectivity index (χ4v) is 3.64. The van der Waals surface area contributed by atoms with E-state index in [2.05, 4.69) is 5.32 Å². The second-order valence-electron chi connectivity index (χ2n) is 6.28. The number of rotatable bonds is 7. The third kappa shape index (κ3) is 5.79. The number of nitrogens with zero attached hydrogens (tertiary/aromatic N) is 1. The Kier molecular flexibility index (Phi) is 6.62. The van der Waals surface area contributed by atoms with Gasteiger partial charge in [-0.05, 0) is 30.5 Å². The molecule has 0 bridgehead atoms. The zero-order valence-corrected chi connectivity index (χ0v) is 15.1. The molecule has 0 aliphatic heterocycles. The first-order chi connectivity index (χ1) is 11.4. The molecule has 0 atom stereocenters. The Labute approximate surface area is 144 Å². The average Bonchev–Trinajstić information content (AvgIpc) is 2.55. The standard InChI is InChI=1S/C17H26N2O4S/c1-23-16-10-8-14(9-11-16)12-19(24(2,21)22)13-17(20)18-15-6-4-3-5-7-15/h8-11,15H,3-7,12-13H2,1-2H3,(H,18,20). The summed E-state index contributed by atoms with van der Waals surface area (Å²) < 4.78 is 30.3. The van der Waals surface area contributed by atoms with Gasteiger partial charge in [-0.15, -0.1) is 0 Å². The lowest BCUT2D eigenvalue weighted by atomic mass is 9.95. The lowest BCUT2D eigenvalue weighted by Gasteiger charge is -2.25. The molecule has 0 unspecified atom stereocenters. The normalized spacial score (nSPS) is 16.1. The quantitative estimate of drug-likeness (QED) is 0.811. The summed E-state index contributed by atoms with van der Waals surface area (Å²) in [6.07, 6.45) is 6.52. The van der Waals surface area contributed by atoms with E-state index in [1.54, 1.807) is 31.4 Å². The zero-order chi connectivity index (χ0) is 17.6. The van der Waals surface area contributed by atoms with Gasteiger partial charge in [0, 0.05) is 12.6 Å². The van der Waals surface area contributed by atoms with Gasteiger partial charge in [0.05, 0.1) is 19.9 Å². The molecule has 1 aliphatic carbocycles. The molecule has 0 heterocycles. The molecule has 0 saturated heterocycles. The van der Waals surface area contributed by atoms with Crippen molar-refractivity contribution >= 4 is 15.9 Å². The third-order valence-corrected chi connectivity index (χ3v) is 5.47. The number of sulfonamides is 1. The molecule has 0 aromatic heterocycles. The van der Waals surface area contributed by atoms with Gasteiger partial charge in [-0.2, -0.15) is 4.31 Å². The van der Waals surface area contributed by atoms with Crippen LogP contribution in [-0.4, -0.2) is 44.6 Å². The molecule has 1 amide bonds. The van der Waals surface area contributed by atoms with E-state index in [4.69, 9.17) is 4.74 Å². The maximum absolute atomic E-state index is 12.2. The SMILES string of the molecule is COc1ccc(CN(CC(=O)NC2CCCCC2)S(C)(=O)=O)cc1. The number of benzene rings is 1. The van der Waals surface area contributed by atoms with Gasteiger partial charge in [0.2, 0.25) is 15.9 Å². The molecule has 1 aromatic rings. The summed E-state index contributed by atoms with van der Waals surface area (Å²) in [5.74, 6) is 0.473. The van der Waals surface area contributed by atoms with Crippen molar-refractivity contribution in [1.29, 1.82) is 0 Å². The second kappa shape index (κ2) is 8.48. The number of nitrogens with one attached hydrogen (secondary N) is 1. The van der Waals surface area contributed by atoms with Gasteiger partial charge in [-0.25, -0.2) is 8.42 Å². The van der Waals surface area contributed by atoms with Crippen LogP contribution >= 0.6 is 0 Å². The maximum Gasteiger partial charge on any atom is 0.235 e. The van der Waals surface area contributed by atoms with E-state index in [0.29, 0.717) is 5.75 Å². The van der Waals surface area contributed by atoms with Crippen molar-refractivity contribution in [2.75, 3.05) is 19.9 Å². The maximum atomic E-state index is 12.2. The van der Waals surface area contributed by atoms with Crippen molar-refractivity contribution in [3.63, 3.8) is 0 Å². The zero-order valence-electron chi connectivity index (χ0n) is 14.3. The van der Waals surface area contributed by atoms with Gasteiger partial charge >= 0.3 is 0 Å². The monoisotopic (exact) mass is 354 g/mol. The van der Waals surface area contributed by atoms with Gasteiger partial charge in [0.25, 0.3) is 0 Å². The van der Waals surface area contributed by atoms with Crippen LogP contribution < -0.4 is 10.1 Å². The Bertz CT molecular complexity index is 637. The minimum atomic E-state index is -3.47. The fourth-order valence-electron chi connectivity index (χ4n) is 2.91. The number of hydrogen-bond donors (Lipinski definition) is 1. The van der Waals surface area contributed by atoms with Crippen LogP contribution in [0.2, 0.25) is 0 Å². The first-order valence-electron chi connectivity index (χ1n) is 8.26. The number of carbonyl (C=O) groups excluding carboxylic acids is 1. The van der Waals surface area contributed by atoms with E-state index >= 15 is 0 Å². The van der Waals surface area contributed by atoms with E-state index in [0.717, 1.165) is 37.5 Å². The van der Waals surface area contributed by atoms with Crippen LogP contribution in [0.3, 0.4) is 0 Å². The van der Waals surface area contributed by atoms with Gasteiger partial charge in [-0.3, -0.25) is 4.79 Å². The molecule has 1 aromatic carbocycles. The van der Waals surface area contributed by atoms with Crippen LogP contribution in [0.4, 0.5) is 0 Å². The fraction of sp³-hybridized carbons (Fsp3) is 0.588. The molecule has 1 N–H and O–H groups in total. The largest absolute Gasteiger partial charge is 0.497 e. The molecule has 2 rings (SSSR count). The predicted octanol–water partition coefficient (Wildman–Crippen LogP) is 1.91. The van der Waals surface area contributed by atoms with Gasteiger partial charge < -0.3 is 10.1 Å². The highest BCUT2D eigenvalue weighted by atomic mass is 32.2. The molecular weight excluding hydrogens is 328 g/mol. The first kappa shape index (κ1) is 18.7. The molecule has 24 heavy (non-hydrogen) atoms. The summed E-state index contributed by atoms with van der Waals surface area (Å²) in [4.78, 5) is 12.2. The number of hydrogen-bond acceptors (Lipinski definition) is 4. The summed E-state index contributed by atoms with van der Waals surface area (Å²) in [6, 6.07) is 7.33. The number of ether oxygens (including phenoxy) is 1. The van der Waals surface area contributed by atoms with Crippen LogP contribution in [0.1, 0.15) is 37.7 Å². The molecule has 7 heteroatoms. The van der Waals surface area contributed by atoms with E-state index < -0.39 is 10.0 Å². The molecular formula is C17H26N2O4S. The highest BCUT2D eigenvalue weighted by molar-refractivity contribution is 7.88. The highest BCUT2D eigenvalue weighted by Crippen LogP contribution is 2.18. The lowest BCUT2D eigenvalue weighted by Crippen LogP contribution is -2.44. The summed E-state index contributed by atoms with van der Waals surface area (Å²) in [5.41, 5.74) is 0.812. The van der Waals surface area contributed by atoms with Gasteiger partial charge in [0.15, 0.2) is 0 Å². The van der Waals surface area contributed by atoms with Crippen LogP contribution in [0.15, 0.2) is 24.3 Å². The minimum absolute atomic E-state index is 0.151. The number of amides is 1. The van der Waals surface area contributed by atoms with Gasteiger partial charge in [0.1, 0.15) is 5.75 Å². The van der Waals surface area contributed by atoms with Crippen LogP contribution in [0, 0.1) is 0 Å². The molecule has 6 nitrogen and oxygen atoms in total. The van der Waals surface area contributed by atoms with Crippen LogP contribution in [0.25, 0.3) is 0 Å². The van der Waals surface area contributed by atoms with E-state index in [1.807, 2.05) is 0 Å². The Morgan fingerprint density at radius 2 is 1.83 bits per heavy atom. The number of carbonyl (C=O) groups is 1. The Hall–Kier alpha value is -1.60. The summed E-state index contributed by atoms with van der Waals surface area (Å²) in [5, 5.41) is 2.96. The van der Waals surface area contributed by atoms with Crippen molar-refractivity contribution in [2.24, 2.45) is 0 Å². The van der Waals surface area contributed by atoms with Crippen molar-refractivity contribution in [3.05, 3.63) is 29.8 Å². The molecule has 1 saturated carbocycles. The van der Waals surface area contributed by atoms with E-state index in [1.165, 1.54) is 10.7 Å². The van der Waals surface area contributed by atoms with E-state index in [9.17, 15) is 13.2 Å². The molecule has 134 valence electrons. The first-order valence-corrected chi connectivity index (χ1v) is 10.1. The topological polar surface area (TPSA) is 75.7 Å². The Morgan fingerprint density at radius 3 is 2.38 bits per heavy atom. The highest BCUT2D eigenvalue weighted by Gasteiger charge is 2.22. The molecule has 0 spiro atoms. The smallest absolute Gasteiger partial charge is 0.235 e. The summed E-state index contributed by atoms with van der Waals surface area (Å²) in [7, 11) is -1.90. The minimum Gasteiger partial charge on any atom is -0.497 e. The summed E-state index contributed by atoms with van der Waals surface area (Å²) in [6.45, 7) is 0.0161. The Morgan fingerprint density at radius 1 is 1.21 bits per heavy atom. The summed E-state index contributed by atoms with van der Waals surface area (Å²) >= 11 is 0. The molecule has 1 aliphatic rings. The lowest BCUT2D eigenvalue weighted by molar-refractivity contribution is -0.122. The number of methoxy groups -OCH3 is 1. The van der Waals surface area contributed by atoms with Crippen molar-refractivity contribution in [2.45, 2.75) is 44.7 Å². The Balaban J connectivity index is 1.98. The van der Waals surface area contributed by atoms with E-state index in [-0.39, 0.29) is 25.0 Å². The van der Waals surface area contributed by atoms with Crippen LogP contribution in [-0.2, 0) is 21.4 Å². The van der Waals surface area contributed by atoms with Gasteiger partial charge in [-0.1, -0.05) is 31.4 Å². The second-order valence-corrected chi connectivity index (χ2v) is 8.26. The third-order valence-electron chi connectivity index (χ3n) is 4.28. The van der Waals surface area contributed by atoms with Crippen LogP contribution in [0.5, 0.6) is 5.75 Å². The van der Waals surface area contributed by atoms with Crippen molar-refractivity contribution in [3.8, 4) is 5.75 Å². The van der Waals surface area contributed by atoms with Crippen molar-refractivity contribution < 1.29 is 17.9 Å². The molecule has 0 radical (unpaired) electrons. The van der Waals surface area contributed by atoms with Crippen molar-refractivity contribution in [1.82, 2.24) is 9.62 Å². The molecule has 1 fully saturated rings.